The summed E-state index contributed by atoms with van der Waals surface area (Å²) in [6.45, 7) is 0.866. The summed E-state index contributed by atoms with van der Waals surface area (Å²) in [5.74, 6) is 0.951. The molecule has 98 valence electrons. The number of benzene rings is 1. The van der Waals surface area contributed by atoms with Crippen molar-refractivity contribution < 1.29 is 19.4 Å². The SMILES string of the molecule is O=C(O)CNc1nccc2cc3c(cc12)OCCO3. The highest BCUT2D eigenvalue weighted by Crippen LogP contribution is 2.36. The summed E-state index contributed by atoms with van der Waals surface area (Å²) < 4.78 is 11.0. The van der Waals surface area contributed by atoms with Gasteiger partial charge >= 0.3 is 5.97 Å². The molecule has 6 heteroatoms. The van der Waals surface area contributed by atoms with Crippen LogP contribution in [0.25, 0.3) is 10.8 Å². The van der Waals surface area contributed by atoms with Crippen molar-refractivity contribution >= 4 is 22.6 Å². The standard InChI is InChI=1S/C13H12N2O4/c16-12(17)7-15-13-9-6-11-10(18-3-4-19-11)5-8(9)1-2-14-13/h1-2,5-6H,3-4,7H2,(H,14,15)(H,16,17). The highest BCUT2D eigenvalue weighted by atomic mass is 16.6. The number of nitrogens with zero attached hydrogens (tertiary/aromatic N) is 1. The van der Waals surface area contributed by atoms with Crippen LogP contribution in [0.5, 0.6) is 11.5 Å². The maximum absolute atomic E-state index is 10.6. The molecule has 1 aromatic carbocycles. The van der Waals surface area contributed by atoms with Crippen LogP contribution in [-0.2, 0) is 4.79 Å². The number of hydrogen-bond donors (Lipinski definition) is 2. The average molecular weight is 260 g/mol. The predicted octanol–water partition coefficient (Wildman–Crippen LogP) is 1.50. The number of hydrogen-bond acceptors (Lipinski definition) is 5. The molecular formula is C13H12N2O4. The van der Waals surface area contributed by atoms with Crippen molar-refractivity contribution in [3.05, 3.63) is 24.4 Å². The second-order valence-corrected chi connectivity index (χ2v) is 4.12. The van der Waals surface area contributed by atoms with Crippen LogP contribution in [0.4, 0.5) is 5.82 Å². The largest absolute Gasteiger partial charge is 0.486 e. The minimum atomic E-state index is -0.934. The number of aliphatic carboxylic acids is 1. The van der Waals surface area contributed by atoms with Crippen LogP contribution in [0.1, 0.15) is 0 Å². The molecule has 0 radical (unpaired) electrons. The lowest BCUT2D eigenvalue weighted by molar-refractivity contribution is -0.134. The summed E-state index contributed by atoms with van der Waals surface area (Å²) in [7, 11) is 0. The summed E-state index contributed by atoms with van der Waals surface area (Å²) in [6.07, 6.45) is 1.63. The highest BCUT2D eigenvalue weighted by molar-refractivity contribution is 5.95. The molecule has 6 nitrogen and oxygen atoms in total. The third-order valence-corrected chi connectivity index (χ3v) is 2.83. The minimum Gasteiger partial charge on any atom is -0.486 e. The number of fused-ring (bicyclic) bond motifs is 2. The fourth-order valence-electron chi connectivity index (χ4n) is 2.01. The molecule has 0 saturated carbocycles. The van der Waals surface area contributed by atoms with E-state index in [-0.39, 0.29) is 6.54 Å². The van der Waals surface area contributed by atoms with Gasteiger partial charge in [0.2, 0.25) is 0 Å². The van der Waals surface area contributed by atoms with E-state index < -0.39 is 5.97 Å². The highest BCUT2D eigenvalue weighted by Gasteiger charge is 2.14. The average Bonchev–Trinajstić information content (AvgIpc) is 2.42. The Balaban J connectivity index is 2.05. The molecule has 1 aliphatic heterocycles. The molecule has 0 fully saturated rings. The van der Waals surface area contributed by atoms with E-state index in [0.717, 1.165) is 10.8 Å². The Morgan fingerprint density at radius 1 is 1.32 bits per heavy atom. The van der Waals surface area contributed by atoms with Crippen LogP contribution < -0.4 is 14.8 Å². The van der Waals surface area contributed by atoms with Gasteiger partial charge in [0.15, 0.2) is 11.5 Å². The number of nitrogens with one attached hydrogen (secondary N) is 1. The summed E-state index contributed by atoms with van der Waals surface area (Å²) in [4.78, 5) is 14.8. The Kier molecular flexibility index (Phi) is 2.83. The normalized spacial score (nSPS) is 13.3. The minimum absolute atomic E-state index is 0.180. The summed E-state index contributed by atoms with van der Waals surface area (Å²) in [5, 5.41) is 13.2. The van der Waals surface area contributed by atoms with Gasteiger partial charge in [-0.15, -0.1) is 0 Å². The Hall–Kier alpha value is -2.50. The third kappa shape index (κ3) is 2.24. The van der Waals surface area contributed by atoms with E-state index in [1.165, 1.54) is 0 Å². The lowest BCUT2D eigenvalue weighted by Gasteiger charge is -2.19. The van der Waals surface area contributed by atoms with E-state index in [2.05, 4.69) is 10.3 Å². The van der Waals surface area contributed by atoms with E-state index in [9.17, 15) is 4.79 Å². The zero-order valence-electron chi connectivity index (χ0n) is 10.0. The molecule has 0 aliphatic carbocycles. The topological polar surface area (TPSA) is 80.7 Å². The molecule has 0 bridgehead atoms. The van der Waals surface area contributed by atoms with Gasteiger partial charge in [0.05, 0.1) is 0 Å². The van der Waals surface area contributed by atoms with Crippen molar-refractivity contribution in [1.82, 2.24) is 4.98 Å². The maximum atomic E-state index is 10.6. The third-order valence-electron chi connectivity index (χ3n) is 2.83. The molecule has 1 aliphatic rings. The molecule has 0 amide bonds. The fraction of sp³-hybridized carbons (Fsp3) is 0.231. The van der Waals surface area contributed by atoms with Crippen molar-refractivity contribution in [3.8, 4) is 11.5 Å². The van der Waals surface area contributed by atoms with Crippen molar-refractivity contribution in [3.63, 3.8) is 0 Å². The molecule has 2 heterocycles. The number of carboxylic acids is 1. The molecular weight excluding hydrogens is 248 g/mol. The van der Waals surface area contributed by atoms with Gasteiger partial charge in [-0.3, -0.25) is 4.79 Å². The first-order valence-electron chi connectivity index (χ1n) is 5.88. The molecule has 0 spiro atoms. The van der Waals surface area contributed by atoms with Gasteiger partial charge in [0.25, 0.3) is 0 Å². The number of pyridine rings is 1. The maximum Gasteiger partial charge on any atom is 0.322 e. The Bertz CT molecular complexity index is 642. The van der Waals surface area contributed by atoms with E-state index in [1.54, 1.807) is 6.20 Å². The van der Waals surface area contributed by atoms with Crippen molar-refractivity contribution in [2.24, 2.45) is 0 Å². The van der Waals surface area contributed by atoms with Crippen LogP contribution in [-0.4, -0.2) is 35.8 Å². The summed E-state index contributed by atoms with van der Waals surface area (Å²) >= 11 is 0. The molecule has 0 atom stereocenters. The van der Waals surface area contributed by atoms with Crippen LogP contribution >= 0.6 is 0 Å². The zero-order valence-corrected chi connectivity index (χ0v) is 10.0. The van der Waals surface area contributed by atoms with Crippen molar-refractivity contribution in [2.75, 3.05) is 25.1 Å². The van der Waals surface area contributed by atoms with Crippen LogP contribution in [0.3, 0.4) is 0 Å². The second kappa shape index (κ2) is 4.64. The Labute approximate surface area is 109 Å². The second-order valence-electron chi connectivity index (χ2n) is 4.12. The quantitative estimate of drug-likeness (QED) is 0.870. The number of aromatic nitrogens is 1. The van der Waals surface area contributed by atoms with E-state index in [4.69, 9.17) is 14.6 Å². The number of carbonyl (C=O) groups is 1. The van der Waals surface area contributed by atoms with E-state index in [1.807, 2.05) is 18.2 Å². The van der Waals surface area contributed by atoms with Gasteiger partial charge in [0.1, 0.15) is 25.6 Å². The van der Waals surface area contributed by atoms with E-state index >= 15 is 0 Å². The smallest absolute Gasteiger partial charge is 0.322 e. The number of ether oxygens (including phenoxy) is 2. The summed E-state index contributed by atoms with van der Waals surface area (Å²) in [5.41, 5.74) is 0. The first-order valence-corrected chi connectivity index (χ1v) is 5.88. The number of anilines is 1. The molecule has 2 aromatic rings. The molecule has 3 rings (SSSR count). The Morgan fingerprint density at radius 3 is 2.79 bits per heavy atom. The van der Waals surface area contributed by atoms with Gasteiger partial charge in [-0.05, 0) is 23.6 Å². The van der Waals surface area contributed by atoms with Crippen molar-refractivity contribution in [1.29, 1.82) is 0 Å². The molecule has 19 heavy (non-hydrogen) atoms. The monoisotopic (exact) mass is 260 g/mol. The van der Waals surface area contributed by atoms with Gasteiger partial charge < -0.3 is 19.9 Å². The predicted molar refractivity (Wildman–Crippen MR) is 68.9 cm³/mol. The number of carboxylic acid groups (broad SMARTS) is 1. The van der Waals surface area contributed by atoms with Gasteiger partial charge in [-0.25, -0.2) is 4.98 Å². The lowest BCUT2D eigenvalue weighted by Crippen LogP contribution is -2.16. The zero-order chi connectivity index (χ0) is 13.2. The van der Waals surface area contributed by atoms with Gasteiger partial charge in [-0.1, -0.05) is 0 Å². The van der Waals surface area contributed by atoms with Gasteiger partial charge in [0, 0.05) is 11.6 Å². The fourth-order valence-corrected chi connectivity index (χ4v) is 2.01. The molecule has 2 N–H and O–H groups in total. The number of rotatable bonds is 3. The first-order chi connectivity index (χ1) is 9.24. The molecule has 0 saturated heterocycles. The summed E-state index contributed by atoms with van der Waals surface area (Å²) in [6, 6.07) is 5.54. The lowest BCUT2D eigenvalue weighted by atomic mass is 10.1. The molecule has 1 aromatic heterocycles. The van der Waals surface area contributed by atoms with Crippen LogP contribution in [0.2, 0.25) is 0 Å². The van der Waals surface area contributed by atoms with Crippen molar-refractivity contribution in [2.45, 2.75) is 0 Å². The van der Waals surface area contributed by atoms with Crippen LogP contribution in [0, 0.1) is 0 Å². The van der Waals surface area contributed by atoms with Gasteiger partial charge in [-0.2, -0.15) is 0 Å². The Morgan fingerprint density at radius 2 is 2.05 bits per heavy atom. The van der Waals surface area contributed by atoms with E-state index in [0.29, 0.717) is 30.5 Å². The first kappa shape index (κ1) is 11.6. The molecule has 0 unspecified atom stereocenters. The van der Waals surface area contributed by atoms with Crippen LogP contribution in [0.15, 0.2) is 24.4 Å².